The lowest BCUT2D eigenvalue weighted by atomic mass is 9.75. The van der Waals surface area contributed by atoms with Crippen molar-refractivity contribution in [2.75, 3.05) is 7.11 Å². The molecule has 0 aromatic heterocycles. The van der Waals surface area contributed by atoms with Crippen LogP contribution in [-0.4, -0.2) is 12.9 Å². The number of nitrogens with one attached hydrogen (secondary N) is 1. The standard InChI is InChI=1S/C18H17BrN2O2/c1-10-13(9-20)17(12-8-11(19)6-7-16(12)23-2)18-14(21-10)4-3-5-15(18)22/h6-8,17,21H,3-5H2,1-2H3/t17-/m0/s1. The van der Waals surface area contributed by atoms with E-state index in [4.69, 9.17) is 4.74 Å². The zero-order chi connectivity index (χ0) is 16.6. The number of dihydropyridines is 1. The SMILES string of the molecule is COc1ccc(Br)cc1[C@H]1C(C#N)=C(C)NC2=C1C(=O)CCC2. The zero-order valence-corrected chi connectivity index (χ0v) is 14.7. The number of nitriles is 1. The number of rotatable bonds is 2. The Morgan fingerprint density at radius 1 is 1.39 bits per heavy atom. The Morgan fingerprint density at radius 3 is 2.87 bits per heavy atom. The Balaban J connectivity index is 2.26. The lowest BCUT2D eigenvalue weighted by Crippen LogP contribution is -2.31. The fourth-order valence-corrected chi connectivity index (χ4v) is 3.75. The van der Waals surface area contributed by atoms with Crippen molar-refractivity contribution in [1.82, 2.24) is 5.32 Å². The van der Waals surface area contributed by atoms with Crippen molar-refractivity contribution in [3.05, 3.63) is 50.8 Å². The zero-order valence-electron chi connectivity index (χ0n) is 13.1. The average molecular weight is 373 g/mol. The summed E-state index contributed by atoms with van der Waals surface area (Å²) in [5, 5.41) is 12.9. The van der Waals surface area contributed by atoms with Gasteiger partial charge in [-0.1, -0.05) is 15.9 Å². The highest BCUT2D eigenvalue weighted by Crippen LogP contribution is 2.45. The van der Waals surface area contributed by atoms with Crippen LogP contribution in [0.3, 0.4) is 0 Å². The van der Waals surface area contributed by atoms with Crippen LogP contribution in [0, 0.1) is 11.3 Å². The van der Waals surface area contributed by atoms with Crippen LogP contribution in [0.5, 0.6) is 5.75 Å². The first-order valence-corrected chi connectivity index (χ1v) is 8.33. The Bertz CT molecular complexity index is 787. The molecule has 0 fully saturated rings. The molecule has 0 spiro atoms. The van der Waals surface area contributed by atoms with Gasteiger partial charge in [0.2, 0.25) is 0 Å². The number of carbonyl (C=O) groups is 1. The summed E-state index contributed by atoms with van der Waals surface area (Å²) in [4.78, 5) is 12.6. The van der Waals surface area contributed by atoms with Gasteiger partial charge in [-0.25, -0.2) is 0 Å². The summed E-state index contributed by atoms with van der Waals surface area (Å²) in [6.07, 6.45) is 2.22. The van der Waals surface area contributed by atoms with Crippen molar-refractivity contribution >= 4 is 21.7 Å². The number of hydrogen-bond donors (Lipinski definition) is 1. The summed E-state index contributed by atoms with van der Waals surface area (Å²) in [6.45, 7) is 1.89. The van der Waals surface area contributed by atoms with Gasteiger partial charge in [-0.2, -0.15) is 5.26 Å². The van der Waals surface area contributed by atoms with E-state index in [2.05, 4.69) is 27.3 Å². The second-order valence-corrected chi connectivity index (χ2v) is 6.68. The molecule has 0 radical (unpaired) electrons. The van der Waals surface area contributed by atoms with Gasteiger partial charge in [0, 0.05) is 33.4 Å². The fourth-order valence-electron chi connectivity index (χ4n) is 3.37. The number of halogens is 1. The Hall–Kier alpha value is -2.06. The molecule has 1 aliphatic carbocycles. The molecule has 1 aliphatic heterocycles. The highest BCUT2D eigenvalue weighted by atomic mass is 79.9. The van der Waals surface area contributed by atoms with Gasteiger partial charge < -0.3 is 10.1 Å². The van der Waals surface area contributed by atoms with Gasteiger partial charge in [0.05, 0.1) is 24.7 Å². The lowest BCUT2D eigenvalue weighted by molar-refractivity contribution is -0.116. The third kappa shape index (κ3) is 2.68. The van der Waals surface area contributed by atoms with E-state index < -0.39 is 0 Å². The minimum Gasteiger partial charge on any atom is -0.496 e. The summed E-state index contributed by atoms with van der Waals surface area (Å²) < 4.78 is 6.39. The maximum absolute atomic E-state index is 12.6. The van der Waals surface area contributed by atoms with E-state index in [1.165, 1.54) is 0 Å². The molecule has 0 saturated heterocycles. The quantitative estimate of drug-likeness (QED) is 0.853. The lowest BCUT2D eigenvalue weighted by Gasteiger charge is -2.33. The molecular weight excluding hydrogens is 356 g/mol. The van der Waals surface area contributed by atoms with Crippen LogP contribution in [0.15, 0.2) is 45.2 Å². The van der Waals surface area contributed by atoms with Gasteiger partial charge in [0.25, 0.3) is 0 Å². The van der Waals surface area contributed by atoms with Gasteiger partial charge in [-0.05, 0) is 38.0 Å². The molecule has 1 heterocycles. The predicted octanol–water partition coefficient (Wildman–Crippen LogP) is 3.95. The first kappa shape index (κ1) is 15.8. The fraction of sp³-hybridized carbons (Fsp3) is 0.333. The Kier molecular flexibility index (Phi) is 4.27. The monoisotopic (exact) mass is 372 g/mol. The molecule has 2 aliphatic rings. The Morgan fingerprint density at radius 2 is 2.17 bits per heavy atom. The van der Waals surface area contributed by atoms with E-state index in [-0.39, 0.29) is 11.7 Å². The average Bonchev–Trinajstić information content (AvgIpc) is 2.53. The van der Waals surface area contributed by atoms with Crippen molar-refractivity contribution in [2.24, 2.45) is 0 Å². The molecule has 0 bridgehead atoms. The maximum atomic E-state index is 12.6. The number of allylic oxidation sites excluding steroid dienone is 4. The van der Waals surface area contributed by atoms with Crippen LogP contribution < -0.4 is 10.1 Å². The van der Waals surface area contributed by atoms with Gasteiger partial charge in [0.15, 0.2) is 5.78 Å². The highest BCUT2D eigenvalue weighted by molar-refractivity contribution is 9.10. The number of carbonyl (C=O) groups excluding carboxylic acids is 1. The summed E-state index contributed by atoms with van der Waals surface area (Å²) in [5.74, 6) is 0.438. The maximum Gasteiger partial charge on any atom is 0.161 e. The second kappa shape index (κ2) is 6.21. The van der Waals surface area contributed by atoms with Crippen LogP contribution >= 0.6 is 15.9 Å². The first-order valence-electron chi connectivity index (χ1n) is 7.54. The van der Waals surface area contributed by atoms with Crippen molar-refractivity contribution < 1.29 is 9.53 Å². The summed E-state index contributed by atoms with van der Waals surface area (Å²) >= 11 is 3.48. The van der Waals surface area contributed by atoms with Crippen LogP contribution in [0.4, 0.5) is 0 Å². The molecule has 1 aromatic carbocycles. The molecule has 1 atom stereocenters. The van der Waals surface area contributed by atoms with Crippen LogP contribution in [0.25, 0.3) is 0 Å². The molecule has 1 aromatic rings. The smallest absolute Gasteiger partial charge is 0.161 e. The topological polar surface area (TPSA) is 62.1 Å². The molecule has 0 saturated carbocycles. The van der Waals surface area contributed by atoms with E-state index in [1.807, 2.05) is 25.1 Å². The molecule has 1 N–H and O–H groups in total. The summed E-state index contributed by atoms with van der Waals surface area (Å²) in [5.41, 5.74) is 3.91. The summed E-state index contributed by atoms with van der Waals surface area (Å²) in [6, 6.07) is 7.98. The minimum atomic E-state index is -0.364. The van der Waals surface area contributed by atoms with E-state index in [0.29, 0.717) is 17.7 Å². The molecule has 0 amide bonds. The molecule has 23 heavy (non-hydrogen) atoms. The number of hydrogen-bond acceptors (Lipinski definition) is 4. The molecule has 0 unspecified atom stereocenters. The number of ketones is 1. The summed E-state index contributed by atoms with van der Waals surface area (Å²) in [7, 11) is 1.61. The van der Waals surface area contributed by atoms with E-state index in [9.17, 15) is 10.1 Å². The molecule has 5 heteroatoms. The first-order chi connectivity index (χ1) is 11.1. The van der Waals surface area contributed by atoms with Crippen LogP contribution in [0.1, 0.15) is 37.7 Å². The number of Topliss-reactive ketones (excluding diaryl/α,β-unsaturated/α-hetero) is 1. The Labute approximate surface area is 144 Å². The molecule has 118 valence electrons. The largest absolute Gasteiger partial charge is 0.496 e. The molecule has 4 nitrogen and oxygen atoms in total. The second-order valence-electron chi connectivity index (χ2n) is 5.76. The van der Waals surface area contributed by atoms with Crippen molar-refractivity contribution in [3.8, 4) is 11.8 Å². The molecular formula is C18H17BrN2O2. The van der Waals surface area contributed by atoms with Crippen LogP contribution in [0.2, 0.25) is 0 Å². The normalized spacial score (nSPS) is 20.8. The van der Waals surface area contributed by atoms with E-state index in [0.717, 1.165) is 39.8 Å². The number of benzene rings is 1. The highest BCUT2D eigenvalue weighted by Gasteiger charge is 2.37. The third-order valence-corrected chi connectivity index (χ3v) is 4.89. The van der Waals surface area contributed by atoms with Crippen LogP contribution in [-0.2, 0) is 4.79 Å². The van der Waals surface area contributed by atoms with Gasteiger partial charge in [0.1, 0.15) is 5.75 Å². The van der Waals surface area contributed by atoms with E-state index >= 15 is 0 Å². The van der Waals surface area contributed by atoms with Crippen molar-refractivity contribution in [3.63, 3.8) is 0 Å². The van der Waals surface area contributed by atoms with Gasteiger partial charge in [-0.15, -0.1) is 0 Å². The number of ether oxygens (including phenoxy) is 1. The van der Waals surface area contributed by atoms with Crippen molar-refractivity contribution in [1.29, 1.82) is 5.26 Å². The van der Waals surface area contributed by atoms with Crippen molar-refractivity contribution in [2.45, 2.75) is 32.1 Å². The third-order valence-electron chi connectivity index (χ3n) is 4.40. The number of methoxy groups -OCH3 is 1. The minimum absolute atomic E-state index is 0.117. The number of nitrogens with zero attached hydrogens (tertiary/aromatic N) is 1. The predicted molar refractivity (Wildman–Crippen MR) is 90.8 cm³/mol. The van der Waals surface area contributed by atoms with Gasteiger partial charge >= 0.3 is 0 Å². The van der Waals surface area contributed by atoms with Gasteiger partial charge in [-0.3, -0.25) is 4.79 Å². The molecule has 3 rings (SSSR count). The van der Waals surface area contributed by atoms with E-state index in [1.54, 1.807) is 7.11 Å².